The van der Waals surface area contributed by atoms with E-state index in [4.69, 9.17) is 9.47 Å². The second kappa shape index (κ2) is 9.30. The summed E-state index contributed by atoms with van der Waals surface area (Å²) in [6.45, 7) is 2.81. The van der Waals surface area contributed by atoms with Gasteiger partial charge in [0, 0.05) is 35.0 Å². The molecule has 0 unspecified atom stereocenters. The van der Waals surface area contributed by atoms with Crippen LogP contribution in [0.5, 0.6) is 11.5 Å². The average Bonchev–Trinajstić information content (AvgIpc) is 3.48. The van der Waals surface area contributed by atoms with E-state index in [9.17, 15) is 14.3 Å². The first-order valence-electron chi connectivity index (χ1n) is 11.3. The van der Waals surface area contributed by atoms with Gasteiger partial charge in [-0.05, 0) is 49.6 Å². The molecule has 172 valence electrons. The zero-order valence-corrected chi connectivity index (χ0v) is 21.6. The van der Waals surface area contributed by atoms with Gasteiger partial charge >= 0.3 is 29.6 Å². The first-order valence-corrected chi connectivity index (χ1v) is 11.3. The van der Waals surface area contributed by atoms with Gasteiger partial charge in [0.25, 0.3) is 0 Å². The van der Waals surface area contributed by atoms with Gasteiger partial charge in [-0.2, -0.15) is 0 Å². The minimum Gasteiger partial charge on any atom is -0.550 e. The SMILES string of the molecule is Cc1nc2ccc(F)cc2n1-c1cccc2c1OC[C@H]2Cc1ccc2c(c1)OC[C@H]2CC(=O)[O-].[Na+]. The number of aromatic nitrogens is 2. The number of fused-ring (bicyclic) bond motifs is 3. The van der Waals surface area contributed by atoms with Crippen LogP contribution in [0.1, 0.15) is 40.8 Å². The molecule has 2 aliphatic rings. The van der Waals surface area contributed by atoms with Gasteiger partial charge in [0.05, 0.1) is 29.9 Å². The van der Waals surface area contributed by atoms with Crippen molar-refractivity contribution in [1.82, 2.24) is 9.55 Å². The number of rotatable bonds is 5. The fraction of sp³-hybridized carbons (Fsp3) is 0.259. The van der Waals surface area contributed by atoms with Crippen LogP contribution in [0.3, 0.4) is 0 Å². The van der Waals surface area contributed by atoms with Gasteiger partial charge in [-0.25, -0.2) is 9.37 Å². The molecule has 0 N–H and O–H groups in total. The molecule has 0 bridgehead atoms. The van der Waals surface area contributed by atoms with Gasteiger partial charge in [0.2, 0.25) is 0 Å². The number of aliphatic carboxylic acids is 1. The summed E-state index contributed by atoms with van der Waals surface area (Å²) in [5.41, 5.74) is 5.43. The molecule has 0 amide bonds. The van der Waals surface area contributed by atoms with Crippen LogP contribution in [0.2, 0.25) is 0 Å². The number of carbonyl (C=O) groups excluding carboxylic acids is 1. The second-order valence-electron chi connectivity index (χ2n) is 8.99. The largest absolute Gasteiger partial charge is 1.00 e. The molecule has 0 radical (unpaired) electrons. The summed E-state index contributed by atoms with van der Waals surface area (Å²) in [5, 5.41) is 11.0. The smallest absolute Gasteiger partial charge is 0.550 e. The molecule has 6 nitrogen and oxygen atoms in total. The number of aryl methyl sites for hydroxylation is 1. The van der Waals surface area contributed by atoms with Crippen molar-refractivity contribution in [2.24, 2.45) is 0 Å². The standard InChI is InChI=1S/C27H23FN2O4.Na/c1-15-29-22-8-6-19(28)12-24(22)30(15)23-4-2-3-21-17(14-34-27(21)23)9-16-5-7-20-18(11-26(31)32)13-33-25(20)10-16;/h2-8,10,12,17-18H,9,11,13-14H2,1H3,(H,31,32);/q;+1/p-1/t17-,18-;/m1./s1. The Kier molecular flexibility index (Phi) is 6.34. The molecule has 2 atom stereocenters. The number of imidazole rings is 1. The van der Waals surface area contributed by atoms with Crippen molar-refractivity contribution < 1.29 is 53.3 Å². The molecule has 3 aromatic carbocycles. The van der Waals surface area contributed by atoms with E-state index in [0.717, 1.165) is 51.6 Å². The van der Waals surface area contributed by atoms with Crippen molar-refractivity contribution in [3.8, 4) is 17.2 Å². The topological polar surface area (TPSA) is 76.4 Å². The van der Waals surface area contributed by atoms with Crippen molar-refractivity contribution in [2.45, 2.75) is 31.6 Å². The predicted molar refractivity (Wildman–Crippen MR) is 122 cm³/mol. The van der Waals surface area contributed by atoms with Crippen molar-refractivity contribution in [3.05, 3.63) is 82.9 Å². The molecule has 8 heteroatoms. The van der Waals surface area contributed by atoms with E-state index in [1.807, 2.05) is 41.8 Å². The fourth-order valence-corrected chi connectivity index (χ4v) is 5.22. The predicted octanol–water partition coefficient (Wildman–Crippen LogP) is 0.812. The van der Waals surface area contributed by atoms with Crippen LogP contribution >= 0.6 is 0 Å². The molecule has 1 aromatic heterocycles. The summed E-state index contributed by atoms with van der Waals surface area (Å²) in [6.07, 6.45) is 0.724. The normalized spacial score (nSPS) is 17.9. The maximum atomic E-state index is 14.0. The van der Waals surface area contributed by atoms with Crippen molar-refractivity contribution in [2.75, 3.05) is 13.2 Å². The molecule has 0 saturated carbocycles. The van der Waals surface area contributed by atoms with Gasteiger partial charge < -0.3 is 19.4 Å². The Balaban J connectivity index is 0.00000253. The Morgan fingerprint density at radius 3 is 2.74 bits per heavy atom. The summed E-state index contributed by atoms with van der Waals surface area (Å²) in [4.78, 5) is 15.6. The number of carboxylic acid groups (broad SMARTS) is 1. The van der Waals surface area contributed by atoms with Crippen LogP contribution < -0.4 is 44.1 Å². The molecule has 3 heterocycles. The summed E-state index contributed by atoms with van der Waals surface area (Å²) < 4.78 is 27.9. The number of benzene rings is 3. The van der Waals surface area contributed by atoms with Crippen LogP contribution in [0.15, 0.2) is 54.6 Å². The molecule has 6 rings (SSSR count). The quantitative estimate of drug-likeness (QED) is 0.396. The summed E-state index contributed by atoms with van der Waals surface area (Å²) in [5.74, 6) is 0.934. The third kappa shape index (κ3) is 4.22. The van der Waals surface area contributed by atoms with Crippen LogP contribution in [0.25, 0.3) is 16.7 Å². The number of nitrogens with zero attached hydrogens (tertiary/aromatic N) is 2. The first-order chi connectivity index (χ1) is 16.5. The second-order valence-corrected chi connectivity index (χ2v) is 8.99. The molecular weight excluding hydrogens is 458 g/mol. The van der Waals surface area contributed by atoms with Crippen LogP contribution in [0, 0.1) is 12.7 Å². The third-order valence-electron chi connectivity index (χ3n) is 6.77. The molecular formula is C27H22FN2NaO4. The summed E-state index contributed by atoms with van der Waals surface area (Å²) in [6, 6.07) is 16.7. The fourth-order valence-electron chi connectivity index (χ4n) is 5.22. The summed E-state index contributed by atoms with van der Waals surface area (Å²) >= 11 is 0. The molecule has 35 heavy (non-hydrogen) atoms. The zero-order chi connectivity index (χ0) is 23.4. The van der Waals surface area contributed by atoms with E-state index in [1.54, 1.807) is 6.07 Å². The van der Waals surface area contributed by atoms with Crippen molar-refractivity contribution >= 4 is 17.0 Å². The zero-order valence-electron chi connectivity index (χ0n) is 19.6. The van der Waals surface area contributed by atoms with Crippen molar-refractivity contribution in [3.63, 3.8) is 0 Å². The first kappa shape index (κ1) is 23.9. The van der Waals surface area contributed by atoms with Gasteiger partial charge in [-0.15, -0.1) is 0 Å². The Labute approximate surface area is 224 Å². The Morgan fingerprint density at radius 1 is 1.09 bits per heavy atom. The number of hydrogen-bond acceptors (Lipinski definition) is 5. The Morgan fingerprint density at radius 2 is 1.91 bits per heavy atom. The molecule has 4 aromatic rings. The van der Waals surface area contributed by atoms with E-state index in [2.05, 4.69) is 11.1 Å². The minimum absolute atomic E-state index is 0. The van der Waals surface area contributed by atoms with Crippen molar-refractivity contribution in [1.29, 1.82) is 0 Å². The van der Waals surface area contributed by atoms with E-state index < -0.39 is 5.97 Å². The van der Waals surface area contributed by atoms with E-state index in [-0.39, 0.29) is 53.6 Å². The molecule has 0 aliphatic carbocycles. The number of carboxylic acids is 1. The Hall–Kier alpha value is -2.87. The van der Waals surface area contributed by atoms with Crippen LogP contribution in [-0.2, 0) is 11.2 Å². The summed E-state index contributed by atoms with van der Waals surface area (Å²) in [7, 11) is 0. The van der Waals surface area contributed by atoms with Gasteiger partial charge in [0.15, 0.2) is 0 Å². The van der Waals surface area contributed by atoms with Crippen LogP contribution in [0.4, 0.5) is 4.39 Å². The average molecular weight is 480 g/mol. The minimum atomic E-state index is -1.07. The maximum Gasteiger partial charge on any atom is 1.00 e. The molecule has 0 spiro atoms. The number of para-hydroxylation sites is 1. The molecule has 2 aliphatic heterocycles. The number of ether oxygens (including phenoxy) is 2. The third-order valence-corrected chi connectivity index (χ3v) is 6.77. The van der Waals surface area contributed by atoms with E-state index in [1.165, 1.54) is 12.1 Å². The Bertz CT molecular complexity index is 1450. The number of carbonyl (C=O) groups is 1. The van der Waals surface area contributed by atoms with Gasteiger partial charge in [-0.3, -0.25) is 4.57 Å². The van der Waals surface area contributed by atoms with E-state index >= 15 is 0 Å². The van der Waals surface area contributed by atoms with Crippen LogP contribution in [-0.4, -0.2) is 28.7 Å². The van der Waals surface area contributed by atoms with Gasteiger partial charge in [0.1, 0.15) is 23.1 Å². The molecule has 0 saturated heterocycles. The number of halogens is 1. The van der Waals surface area contributed by atoms with E-state index in [0.29, 0.717) is 18.7 Å². The van der Waals surface area contributed by atoms with Gasteiger partial charge in [-0.1, -0.05) is 24.3 Å². The number of hydrogen-bond donors (Lipinski definition) is 0. The molecule has 0 fully saturated rings. The monoisotopic (exact) mass is 480 g/mol. The maximum absolute atomic E-state index is 14.0.